The Morgan fingerprint density at radius 2 is 0.772 bits per heavy atom. The van der Waals surface area contributed by atoms with Crippen LogP contribution in [-0.4, -0.2) is 50.9 Å². The van der Waals surface area contributed by atoms with E-state index < -0.39 is 5.97 Å². The average molecular weight is 769 g/mol. The maximum atomic E-state index is 12.1. The van der Waals surface area contributed by atoms with Crippen molar-refractivity contribution in [3.63, 3.8) is 0 Å². The van der Waals surface area contributed by atoms with Gasteiger partial charge in [-0.2, -0.15) is 0 Å². The van der Waals surface area contributed by atoms with Crippen molar-refractivity contribution in [2.75, 3.05) is 0 Å². The number of carbonyl (C=O) groups is 3. The highest BCUT2D eigenvalue weighted by molar-refractivity contribution is 5.84. The predicted octanol–water partition coefficient (Wildman–Crippen LogP) is 8.44. The smallest absolute Gasteiger partial charge is 0.306 e. The Balaban J connectivity index is 0.000000147. The lowest BCUT2D eigenvalue weighted by atomic mass is 9.78. The van der Waals surface area contributed by atoms with E-state index in [0.717, 1.165) is 42.6 Å². The molecule has 3 aromatic carbocycles. The lowest BCUT2D eigenvalue weighted by Gasteiger charge is -2.34. The summed E-state index contributed by atoms with van der Waals surface area (Å²) in [6.07, 6.45) is 9.62. The summed E-state index contributed by atoms with van der Waals surface area (Å²) in [5.41, 5.74) is 5.21. The molecule has 57 heavy (non-hydrogen) atoms. The molecule has 2 heterocycles. The fourth-order valence-corrected chi connectivity index (χ4v) is 6.85. The molecule has 0 spiro atoms. The molecule has 0 aliphatic heterocycles. The molecule has 0 radical (unpaired) electrons. The normalized spacial score (nSPS) is 21.8. The van der Waals surface area contributed by atoms with Crippen molar-refractivity contribution in [3.05, 3.63) is 168 Å². The van der Waals surface area contributed by atoms with E-state index >= 15 is 0 Å². The topological polar surface area (TPSA) is 125 Å². The third-order valence-corrected chi connectivity index (χ3v) is 10.7. The Morgan fingerprint density at radius 1 is 0.456 bits per heavy atom. The highest BCUT2D eigenvalue weighted by atomic mass is 16.5. The van der Waals surface area contributed by atoms with Gasteiger partial charge >= 0.3 is 5.97 Å². The number of carbonyl (C=O) groups excluding carboxylic acids is 2. The number of Topliss-reactive ketones (excluding diaryl/α,β-unsaturated/α-hetero) is 2. The number of ketones is 2. The summed E-state index contributed by atoms with van der Waals surface area (Å²) in [4.78, 5) is 43.2. The average Bonchev–Trinajstić information content (AvgIpc) is 3.18. The summed E-state index contributed by atoms with van der Waals surface area (Å²) in [7, 11) is 0. The predicted molar refractivity (Wildman–Crippen MR) is 217 cm³/mol. The summed E-state index contributed by atoms with van der Waals surface area (Å²) in [5, 5.41) is 8.68. The van der Waals surface area contributed by atoms with Crippen molar-refractivity contribution in [2.45, 2.75) is 89.5 Å². The third-order valence-electron chi connectivity index (χ3n) is 10.7. The van der Waals surface area contributed by atoms with E-state index in [-0.39, 0.29) is 47.6 Å². The number of nitrogens with zero attached hydrogens (tertiary/aromatic N) is 2. The summed E-state index contributed by atoms with van der Waals surface area (Å²) in [6, 6.07) is 41.6. The zero-order valence-electron chi connectivity index (χ0n) is 32.3. The second kappa shape index (κ2) is 21.8. The van der Waals surface area contributed by atoms with Crippen LogP contribution in [0.3, 0.4) is 0 Å². The molecule has 8 rings (SSSR count). The van der Waals surface area contributed by atoms with Crippen molar-refractivity contribution in [1.82, 2.24) is 9.97 Å². The van der Waals surface area contributed by atoms with Gasteiger partial charge in [0.25, 0.3) is 0 Å². The number of benzene rings is 3. The van der Waals surface area contributed by atoms with Gasteiger partial charge in [0.15, 0.2) is 0 Å². The van der Waals surface area contributed by atoms with E-state index in [9.17, 15) is 14.4 Å². The van der Waals surface area contributed by atoms with Crippen LogP contribution in [0.15, 0.2) is 140 Å². The van der Waals surface area contributed by atoms with E-state index in [0.29, 0.717) is 45.5 Å². The minimum Gasteiger partial charge on any atom is -0.481 e. The molecular weight excluding hydrogens is 717 g/mol. The third kappa shape index (κ3) is 13.7. The monoisotopic (exact) mass is 768 g/mol. The maximum Gasteiger partial charge on any atom is 0.306 e. The number of aliphatic carboxylic acids is 1. The standard InChI is InChI=1S/2C18H19NO2.C12H14O3/c2*20-18(12-16-8-4-5-9-19-16)15-10-17(11-15)21-13-14-6-2-1-3-7-14;13-12(14)10-6-11(7-10)15-8-9-4-2-1-3-5-9/h2*1-9,15,17H,10-13H2;1-5,10-11H,6-8H2,(H,13,14). The Morgan fingerprint density at radius 3 is 1.07 bits per heavy atom. The molecular formula is C48H52N2O7. The zero-order valence-corrected chi connectivity index (χ0v) is 32.3. The van der Waals surface area contributed by atoms with E-state index in [1.54, 1.807) is 12.4 Å². The second-order valence-electron chi connectivity index (χ2n) is 15.0. The van der Waals surface area contributed by atoms with Crippen molar-refractivity contribution >= 4 is 17.5 Å². The Bertz CT molecular complexity index is 1820. The number of aromatic nitrogens is 2. The molecule has 3 aliphatic carbocycles. The van der Waals surface area contributed by atoms with Crippen molar-refractivity contribution in [1.29, 1.82) is 0 Å². The number of carboxylic acid groups (broad SMARTS) is 1. The molecule has 0 unspecified atom stereocenters. The number of pyridine rings is 2. The number of ether oxygens (including phenoxy) is 3. The molecule has 0 bridgehead atoms. The second-order valence-corrected chi connectivity index (χ2v) is 15.0. The molecule has 1 N–H and O–H groups in total. The quantitative estimate of drug-likeness (QED) is 0.105. The van der Waals surface area contributed by atoms with Gasteiger partial charge in [0.2, 0.25) is 0 Å². The first-order valence-electron chi connectivity index (χ1n) is 19.9. The van der Waals surface area contributed by atoms with Crippen LogP contribution in [-0.2, 0) is 61.3 Å². The Labute approximate surface area is 335 Å². The molecule has 3 saturated carbocycles. The summed E-state index contributed by atoms with van der Waals surface area (Å²) in [5.74, 6) is -0.0255. The van der Waals surface area contributed by atoms with Gasteiger partial charge in [-0.3, -0.25) is 24.4 Å². The molecule has 0 saturated heterocycles. The highest BCUT2D eigenvalue weighted by Crippen LogP contribution is 2.33. The van der Waals surface area contributed by atoms with Crippen LogP contribution >= 0.6 is 0 Å². The van der Waals surface area contributed by atoms with Crippen molar-refractivity contribution in [3.8, 4) is 0 Å². The molecule has 296 valence electrons. The molecule has 2 aromatic heterocycles. The van der Waals surface area contributed by atoms with Gasteiger partial charge in [-0.05, 0) is 79.5 Å². The minimum absolute atomic E-state index is 0.131. The lowest BCUT2D eigenvalue weighted by molar-refractivity contribution is -0.151. The maximum absolute atomic E-state index is 12.1. The zero-order chi connectivity index (χ0) is 39.7. The molecule has 5 aromatic rings. The molecule has 0 amide bonds. The van der Waals surface area contributed by atoms with Gasteiger partial charge in [-0.1, -0.05) is 103 Å². The van der Waals surface area contributed by atoms with Crippen LogP contribution in [0, 0.1) is 17.8 Å². The molecule has 9 nitrogen and oxygen atoms in total. The van der Waals surface area contributed by atoms with Crippen LogP contribution < -0.4 is 0 Å². The number of hydrogen-bond donors (Lipinski definition) is 1. The van der Waals surface area contributed by atoms with Gasteiger partial charge in [-0.15, -0.1) is 0 Å². The van der Waals surface area contributed by atoms with Gasteiger partial charge in [0.05, 0.1) is 44.1 Å². The van der Waals surface area contributed by atoms with Crippen LogP contribution in [0.4, 0.5) is 0 Å². The van der Waals surface area contributed by atoms with Crippen LogP contribution in [0.5, 0.6) is 0 Å². The van der Waals surface area contributed by atoms with Gasteiger partial charge in [0.1, 0.15) is 11.6 Å². The number of hydrogen-bond acceptors (Lipinski definition) is 8. The number of carboxylic acids is 1. The largest absolute Gasteiger partial charge is 0.481 e. The van der Waals surface area contributed by atoms with Crippen molar-refractivity contribution < 1.29 is 33.7 Å². The summed E-state index contributed by atoms with van der Waals surface area (Å²) >= 11 is 0. The molecule has 9 heteroatoms. The SMILES string of the molecule is O=C(Cc1ccccn1)C1CC(OCc2ccccc2)C1.O=C(Cc1ccccn1)C1CC(OCc2ccccc2)C1.O=C(O)C1CC(OCc2ccccc2)C1. The van der Waals surface area contributed by atoms with Crippen LogP contribution in [0.2, 0.25) is 0 Å². The first kappa shape index (κ1) is 41.3. The van der Waals surface area contributed by atoms with Gasteiger partial charge in [-0.25, -0.2) is 0 Å². The van der Waals surface area contributed by atoms with Crippen LogP contribution in [0.25, 0.3) is 0 Å². The molecule has 3 fully saturated rings. The van der Waals surface area contributed by atoms with E-state index in [1.165, 1.54) is 11.1 Å². The van der Waals surface area contributed by atoms with Gasteiger partial charge < -0.3 is 19.3 Å². The Kier molecular flexibility index (Phi) is 15.8. The van der Waals surface area contributed by atoms with Crippen LogP contribution in [0.1, 0.15) is 66.6 Å². The summed E-state index contributed by atoms with van der Waals surface area (Å²) < 4.78 is 17.2. The van der Waals surface area contributed by atoms with E-state index in [1.807, 2.05) is 103 Å². The fraction of sp³-hybridized carbons (Fsp3) is 0.354. The fourth-order valence-electron chi connectivity index (χ4n) is 6.85. The first-order valence-corrected chi connectivity index (χ1v) is 19.9. The minimum atomic E-state index is -0.699. The first-order chi connectivity index (χ1) is 27.9. The summed E-state index contributed by atoms with van der Waals surface area (Å²) in [6.45, 7) is 1.84. The molecule has 0 atom stereocenters. The molecule has 3 aliphatic rings. The highest BCUT2D eigenvalue weighted by Gasteiger charge is 2.36. The van der Waals surface area contributed by atoms with Gasteiger partial charge in [0, 0.05) is 48.5 Å². The Hall–Kier alpha value is -5.35. The van der Waals surface area contributed by atoms with E-state index in [4.69, 9.17) is 19.3 Å². The lowest BCUT2D eigenvalue weighted by Crippen LogP contribution is -2.37. The van der Waals surface area contributed by atoms with E-state index in [2.05, 4.69) is 34.2 Å². The van der Waals surface area contributed by atoms with Crippen molar-refractivity contribution in [2.24, 2.45) is 17.8 Å². The number of rotatable bonds is 16.